The second-order valence-corrected chi connectivity index (χ2v) is 5.04. The lowest BCUT2D eigenvalue weighted by Crippen LogP contribution is -2.35. The van der Waals surface area contributed by atoms with Crippen LogP contribution in [0.25, 0.3) is 0 Å². The third-order valence-corrected chi connectivity index (χ3v) is 3.28. The largest absolute Gasteiger partial charge is 0.476 e. The monoisotopic (exact) mass is 320 g/mol. The van der Waals surface area contributed by atoms with Crippen LogP contribution in [-0.2, 0) is 9.53 Å². The number of benzene rings is 2. The third-order valence-electron chi connectivity index (χ3n) is 3.02. The standard InChI is InChI=1S/C17H17ClO4/c1-2-21-17(20)16(15(19)12-6-4-3-5-7-12)22-14-10-8-13(18)9-11-14/h3-11,15-16,19H,2H2,1H3/t15-,16-/m1/s1. The third kappa shape index (κ3) is 4.23. The zero-order valence-corrected chi connectivity index (χ0v) is 12.9. The Morgan fingerprint density at radius 1 is 1.14 bits per heavy atom. The fourth-order valence-corrected chi connectivity index (χ4v) is 2.08. The van der Waals surface area contributed by atoms with Crippen molar-refractivity contribution in [2.75, 3.05) is 6.61 Å². The highest BCUT2D eigenvalue weighted by molar-refractivity contribution is 6.30. The molecule has 116 valence electrons. The molecule has 2 aromatic rings. The Morgan fingerprint density at radius 3 is 2.36 bits per heavy atom. The molecule has 4 nitrogen and oxygen atoms in total. The highest BCUT2D eigenvalue weighted by atomic mass is 35.5. The van der Waals surface area contributed by atoms with E-state index in [2.05, 4.69) is 0 Å². The molecule has 0 aromatic heterocycles. The molecule has 0 radical (unpaired) electrons. The number of aliphatic hydroxyl groups excluding tert-OH is 1. The van der Waals surface area contributed by atoms with Gasteiger partial charge in [0.1, 0.15) is 11.9 Å². The molecule has 0 fully saturated rings. The van der Waals surface area contributed by atoms with Gasteiger partial charge < -0.3 is 14.6 Å². The molecule has 1 N–H and O–H groups in total. The van der Waals surface area contributed by atoms with Gasteiger partial charge in [0.25, 0.3) is 0 Å². The summed E-state index contributed by atoms with van der Waals surface area (Å²) in [7, 11) is 0. The van der Waals surface area contributed by atoms with Crippen LogP contribution >= 0.6 is 11.6 Å². The molecule has 2 rings (SSSR count). The lowest BCUT2D eigenvalue weighted by Gasteiger charge is -2.23. The van der Waals surface area contributed by atoms with Crippen molar-refractivity contribution in [2.45, 2.75) is 19.1 Å². The first-order chi connectivity index (χ1) is 10.6. The van der Waals surface area contributed by atoms with E-state index in [1.807, 2.05) is 6.07 Å². The van der Waals surface area contributed by atoms with Crippen molar-refractivity contribution in [1.29, 1.82) is 0 Å². The molecule has 22 heavy (non-hydrogen) atoms. The first-order valence-electron chi connectivity index (χ1n) is 6.93. The number of esters is 1. The van der Waals surface area contributed by atoms with Crippen LogP contribution in [0.3, 0.4) is 0 Å². The molecule has 0 unspecified atom stereocenters. The summed E-state index contributed by atoms with van der Waals surface area (Å²) in [5.41, 5.74) is 0.578. The zero-order valence-electron chi connectivity index (χ0n) is 12.1. The molecule has 2 aromatic carbocycles. The Hall–Kier alpha value is -2.04. The van der Waals surface area contributed by atoms with Crippen LogP contribution in [0.15, 0.2) is 54.6 Å². The number of carbonyl (C=O) groups excluding carboxylic acids is 1. The van der Waals surface area contributed by atoms with Gasteiger partial charge in [-0.05, 0) is 36.8 Å². The summed E-state index contributed by atoms with van der Waals surface area (Å²) in [5.74, 6) is -0.189. The molecule has 0 bridgehead atoms. The lowest BCUT2D eigenvalue weighted by atomic mass is 10.0. The number of hydrogen-bond donors (Lipinski definition) is 1. The molecule has 5 heteroatoms. The minimum absolute atomic E-state index is 0.209. The summed E-state index contributed by atoms with van der Waals surface area (Å²) < 4.78 is 10.6. The van der Waals surface area contributed by atoms with Gasteiger partial charge in [-0.1, -0.05) is 41.9 Å². The first-order valence-corrected chi connectivity index (χ1v) is 7.31. The minimum atomic E-state index is -1.15. The summed E-state index contributed by atoms with van der Waals surface area (Å²) in [5, 5.41) is 11.0. The van der Waals surface area contributed by atoms with Crippen LogP contribution in [0, 0.1) is 0 Å². The average molecular weight is 321 g/mol. The van der Waals surface area contributed by atoms with Crippen LogP contribution < -0.4 is 4.74 Å². The smallest absolute Gasteiger partial charge is 0.350 e. The number of halogens is 1. The van der Waals surface area contributed by atoms with E-state index in [0.29, 0.717) is 16.3 Å². The molecule has 0 spiro atoms. The summed E-state index contributed by atoms with van der Waals surface area (Å²) in [6.45, 7) is 1.91. The van der Waals surface area contributed by atoms with Gasteiger partial charge in [0, 0.05) is 5.02 Å². The highest BCUT2D eigenvalue weighted by Crippen LogP contribution is 2.24. The molecule has 0 heterocycles. The summed E-state index contributed by atoms with van der Waals surface area (Å²) in [6.07, 6.45) is -2.28. The average Bonchev–Trinajstić information content (AvgIpc) is 2.54. The molecular formula is C17H17ClO4. The maximum Gasteiger partial charge on any atom is 0.350 e. The molecule has 0 amide bonds. The van der Waals surface area contributed by atoms with Gasteiger partial charge in [0.05, 0.1) is 6.61 Å². The van der Waals surface area contributed by atoms with Crippen molar-refractivity contribution in [3.63, 3.8) is 0 Å². The number of hydrogen-bond acceptors (Lipinski definition) is 4. The molecule has 2 atom stereocenters. The number of ether oxygens (including phenoxy) is 2. The first kappa shape index (κ1) is 16.3. The Balaban J connectivity index is 2.22. The second-order valence-electron chi connectivity index (χ2n) is 4.60. The Kier molecular flexibility index (Phi) is 5.81. The highest BCUT2D eigenvalue weighted by Gasteiger charge is 2.31. The normalized spacial score (nSPS) is 13.2. The molecule has 0 aliphatic rings. The fraction of sp³-hybridized carbons (Fsp3) is 0.235. The van der Waals surface area contributed by atoms with Gasteiger partial charge in [-0.15, -0.1) is 0 Å². The molecular weight excluding hydrogens is 304 g/mol. The molecule has 0 aliphatic carbocycles. The minimum Gasteiger partial charge on any atom is -0.476 e. The Morgan fingerprint density at radius 2 is 1.77 bits per heavy atom. The van der Waals surface area contributed by atoms with Gasteiger partial charge in [0.15, 0.2) is 0 Å². The van der Waals surface area contributed by atoms with E-state index < -0.39 is 18.2 Å². The van der Waals surface area contributed by atoms with Crippen molar-refractivity contribution in [1.82, 2.24) is 0 Å². The van der Waals surface area contributed by atoms with Gasteiger partial charge in [-0.25, -0.2) is 4.79 Å². The summed E-state index contributed by atoms with van der Waals surface area (Å²) in [4.78, 5) is 12.1. The predicted molar refractivity (Wildman–Crippen MR) is 83.9 cm³/mol. The van der Waals surface area contributed by atoms with Crippen molar-refractivity contribution in [2.24, 2.45) is 0 Å². The van der Waals surface area contributed by atoms with Crippen LogP contribution in [0.5, 0.6) is 5.75 Å². The quantitative estimate of drug-likeness (QED) is 0.829. The molecule has 0 saturated heterocycles. The van der Waals surface area contributed by atoms with Crippen LogP contribution in [0.4, 0.5) is 0 Å². The van der Waals surface area contributed by atoms with E-state index in [4.69, 9.17) is 21.1 Å². The van der Waals surface area contributed by atoms with Gasteiger partial charge in [0.2, 0.25) is 6.10 Å². The van der Waals surface area contributed by atoms with E-state index in [-0.39, 0.29) is 6.61 Å². The summed E-state index contributed by atoms with van der Waals surface area (Å²) >= 11 is 5.82. The fourth-order valence-electron chi connectivity index (χ4n) is 1.95. The van der Waals surface area contributed by atoms with Gasteiger partial charge in [-0.3, -0.25) is 0 Å². The van der Waals surface area contributed by atoms with Crippen LogP contribution in [0.2, 0.25) is 5.02 Å². The maximum absolute atomic E-state index is 12.1. The summed E-state index contributed by atoms with van der Waals surface area (Å²) in [6, 6.07) is 15.4. The van der Waals surface area contributed by atoms with Crippen molar-refractivity contribution >= 4 is 17.6 Å². The van der Waals surface area contributed by atoms with Crippen molar-refractivity contribution in [3.8, 4) is 5.75 Å². The predicted octanol–water partition coefficient (Wildman–Crippen LogP) is 3.38. The Labute approximate surface area is 134 Å². The van der Waals surface area contributed by atoms with Crippen LogP contribution in [0.1, 0.15) is 18.6 Å². The van der Waals surface area contributed by atoms with E-state index in [9.17, 15) is 9.90 Å². The lowest BCUT2D eigenvalue weighted by molar-refractivity contribution is -0.157. The van der Waals surface area contributed by atoms with Crippen molar-refractivity contribution in [3.05, 3.63) is 65.2 Å². The van der Waals surface area contributed by atoms with E-state index >= 15 is 0 Å². The van der Waals surface area contributed by atoms with E-state index in [0.717, 1.165) is 0 Å². The topological polar surface area (TPSA) is 55.8 Å². The molecule has 0 saturated carbocycles. The van der Waals surface area contributed by atoms with Gasteiger partial charge >= 0.3 is 5.97 Å². The zero-order chi connectivity index (χ0) is 15.9. The Bertz CT molecular complexity index is 598. The number of rotatable bonds is 6. The molecule has 0 aliphatic heterocycles. The van der Waals surface area contributed by atoms with E-state index in [1.165, 1.54) is 0 Å². The number of carbonyl (C=O) groups is 1. The van der Waals surface area contributed by atoms with Crippen LogP contribution in [-0.4, -0.2) is 23.8 Å². The van der Waals surface area contributed by atoms with Gasteiger partial charge in [-0.2, -0.15) is 0 Å². The van der Waals surface area contributed by atoms with Crippen molar-refractivity contribution < 1.29 is 19.4 Å². The van der Waals surface area contributed by atoms with E-state index in [1.54, 1.807) is 55.5 Å². The maximum atomic E-state index is 12.1. The number of aliphatic hydroxyl groups is 1. The second kappa shape index (κ2) is 7.82. The SMILES string of the molecule is CCOC(=O)[C@H](Oc1ccc(Cl)cc1)[C@H](O)c1ccccc1.